The van der Waals surface area contributed by atoms with E-state index in [1.807, 2.05) is 13.0 Å². The highest BCUT2D eigenvalue weighted by molar-refractivity contribution is 5.94. The Bertz CT molecular complexity index is 409. The molecular formula is C14H20N2O. The Morgan fingerprint density at radius 1 is 1.41 bits per heavy atom. The monoisotopic (exact) mass is 232 g/mol. The largest absolute Gasteiger partial charge is 0.399 e. The number of hydrogen-bond donors (Lipinski definition) is 2. The van der Waals surface area contributed by atoms with E-state index in [1.54, 1.807) is 12.1 Å². The molecule has 0 aromatic heterocycles. The molecule has 0 aliphatic heterocycles. The fraction of sp³-hybridized carbons (Fsp3) is 0.500. The molecule has 1 aromatic carbocycles. The maximum atomic E-state index is 11.9. The summed E-state index contributed by atoms with van der Waals surface area (Å²) < 4.78 is 0. The molecule has 92 valence electrons. The minimum atomic E-state index is 0.0139. The third-order valence-corrected chi connectivity index (χ3v) is 3.56. The molecule has 0 radical (unpaired) electrons. The summed E-state index contributed by atoms with van der Waals surface area (Å²) in [6, 6.07) is 5.42. The molecule has 1 amide bonds. The van der Waals surface area contributed by atoms with Crippen LogP contribution in [0.5, 0.6) is 0 Å². The SMILES string of the molecule is Cc1cc(C(=O)NCC2CCCC2)ccc1N. The zero-order valence-electron chi connectivity index (χ0n) is 10.3. The maximum absolute atomic E-state index is 11.9. The standard InChI is InChI=1S/C14H20N2O/c1-10-8-12(6-7-13(10)15)14(17)16-9-11-4-2-3-5-11/h6-8,11H,2-5,9,15H2,1H3,(H,16,17). The number of carbonyl (C=O) groups excluding carboxylic acids is 1. The summed E-state index contributed by atoms with van der Waals surface area (Å²) in [6.07, 6.45) is 5.12. The highest BCUT2D eigenvalue weighted by Gasteiger charge is 2.16. The molecule has 1 saturated carbocycles. The second-order valence-electron chi connectivity index (χ2n) is 4.93. The lowest BCUT2D eigenvalue weighted by molar-refractivity contribution is 0.0947. The van der Waals surface area contributed by atoms with Crippen molar-refractivity contribution >= 4 is 11.6 Å². The smallest absolute Gasteiger partial charge is 0.251 e. The average molecular weight is 232 g/mol. The van der Waals surface area contributed by atoms with E-state index in [4.69, 9.17) is 5.73 Å². The van der Waals surface area contributed by atoms with Crippen molar-refractivity contribution in [3.8, 4) is 0 Å². The number of carbonyl (C=O) groups is 1. The van der Waals surface area contributed by atoms with Gasteiger partial charge in [0.25, 0.3) is 5.91 Å². The number of aryl methyl sites for hydroxylation is 1. The Labute approximate surface area is 102 Å². The summed E-state index contributed by atoms with van der Waals surface area (Å²) in [4.78, 5) is 11.9. The van der Waals surface area contributed by atoms with Crippen LogP contribution in [0.1, 0.15) is 41.6 Å². The van der Waals surface area contributed by atoms with Crippen molar-refractivity contribution in [1.82, 2.24) is 5.32 Å². The lowest BCUT2D eigenvalue weighted by Crippen LogP contribution is -2.28. The molecule has 0 bridgehead atoms. The predicted molar refractivity (Wildman–Crippen MR) is 69.9 cm³/mol. The fourth-order valence-electron chi connectivity index (χ4n) is 2.37. The van der Waals surface area contributed by atoms with Crippen molar-refractivity contribution in [2.24, 2.45) is 5.92 Å². The molecule has 3 N–H and O–H groups in total. The predicted octanol–water partition coefficient (Wildman–Crippen LogP) is 2.50. The number of nitrogens with two attached hydrogens (primary N) is 1. The van der Waals surface area contributed by atoms with Gasteiger partial charge in [0, 0.05) is 17.8 Å². The Balaban J connectivity index is 1.92. The lowest BCUT2D eigenvalue weighted by Gasteiger charge is -2.11. The minimum absolute atomic E-state index is 0.0139. The lowest BCUT2D eigenvalue weighted by atomic mass is 10.1. The van der Waals surface area contributed by atoms with E-state index in [0.29, 0.717) is 11.5 Å². The molecule has 0 atom stereocenters. The normalized spacial score (nSPS) is 16.1. The Morgan fingerprint density at radius 2 is 2.12 bits per heavy atom. The topological polar surface area (TPSA) is 55.1 Å². The van der Waals surface area contributed by atoms with Gasteiger partial charge in [-0.1, -0.05) is 12.8 Å². The molecular weight excluding hydrogens is 212 g/mol. The molecule has 1 aromatic rings. The van der Waals surface area contributed by atoms with Crippen LogP contribution in [0.4, 0.5) is 5.69 Å². The van der Waals surface area contributed by atoms with E-state index in [2.05, 4.69) is 5.32 Å². The van der Waals surface area contributed by atoms with Gasteiger partial charge in [0.2, 0.25) is 0 Å². The fourth-order valence-corrected chi connectivity index (χ4v) is 2.37. The van der Waals surface area contributed by atoms with E-state index in [1.165, 1.54) is 25.7 Å². The van der Waals surface area contributed by atoms with Crippen LogP contribution in [0.25, 0.3) is 0 Å². The van der Waals surface area contributed by atoms with E-state index >= 15 is 0 Å². The van der Waals surface area contributed by atoms with Crippen LogP contribution in [-0.2, 0) is 0 Å². The zero-order valence-corrected chi connectivity index (χ0v) is 10.3. The molecule has 3 nitrogen and oxygen atoms in total. The van der Waals surface area contributed by atoms with Crippen molar-refractivity contribution in [3.63, 3.8) is 0 Å². The van der Waals surface area contributed by atoms with Crippen LogP contribution in [-0.4, -0.2) is 12.5 Å². The van der Waals surface area contributed by atoms with Crippen LogP contribution >= 0.6 is 0 Å². The number of benzene rings is 1. The molecule has 0 unspecified atom stereocenters. The van der Waals surface area contributed by atoms with E-state index in [0.717, 1.165) is 17.8 Å². The van der Waals surface area contributed by atoms with Crippen LogP contribution in [0.3, 0.4) is 0 Å². The zero-order chi connectivity index (χ0) is 12.3. The van der Waals surface area contributed by atoms with Crippen molar-refractivity contribution in [3.05, 3.63) is 29.3 Å². The molecule has 0 spiro atoms. The summed E-state index contributed by atoms with van der Waals surface area (Å²) in [7, 11) is 0. The van der Waals surface area contributed by atoms with Gasteiger partial charge in [0.05, 0.1) is 0 Å². The first-order chi connectivity index (χ1) is 8.16. The summed E-state index contributed by atoms with van der Waals surface area (Å²) in [5, 5.41) is 3.01. The van der Waals surface area contributed by atoms with Crippen molar-refractivity contribution in [2.45, 2.75) is 32.6 Å². The molecule has 3 heteroatoms. The second-order valence-corrected chi connectivity index (χ2v) is 4.93. The van der Waals surface area contributed by atoms with Gasteiger partial charge >= 0.3 is 0 Å². The van der Waals surface area contributed by atoms with Gasteiger partial charge in [-0.25, -0.2) is 0 Å². The van der Waals surface area contributed by atoms with Crippen LogP contribution in [0.15, 0.2) is 18.2 Å². The molecule has 17 heavy (non-hydrogen) atoms. The van der Waals surface area contributed by atoms with Crippen molar-refractivity contribution in [1.29, 1.82) is 0 Å². The van der Waals surface area contributed by atoms with E-state index in [9.17, 15) is 4.79 Å². The molecule has 1 aliphatic rings. The van der Waals surface area contributed by atoms with Gasteiger partial charge in [-0.05, 0) is 49.4 Å². The van der Waals surface area contributed by atoms with E-state index in [-0.39, 0.29) is 5.91 Å². The quantitative estimate of drug-likeness (QED) is 0.787. The van der Waals surface area contributed by atoms with Gasteiger partial charge in [0.15, 0.2) is 0 Å². The highest BCUT2D eigenvalue weighted by atomic mass is 16.1. The first-order valence-electron chi connectivity index (χ1n) is 6.31. The summed E-state index contributed by atoms with van der Waals surface area (Å²) in [5.41, 5.74) is 8.12. The van der Waals surface area contributed by atoms with Gasteiger partial charge in [-0.2, -0.15) is 0 Å². The molecule has 0 heterocycles. The van der Waals surface area contributed by atoms with Crippen LogP contribution in [0, 0.1) is 12.8 Å². The molecule has 1 fully saturated rings. The third-order valence-electron chi connectivity index (χ3n) is 3.56. The molecule has 1 aliphatic carbocycles. The number of rotatable bonds is 3. The summed E-state index contributed by atoms with van der Waals surface area (Å²) in [5.74, 6) is 0.689. The first-order valence-corrected chi connectivity index (χ1v) is 6.31. The number of nitrogen functional groups attached to an aromatic ring is 1. The highest BCUT2D eigenvalue weighted by Crippen LogP contribution is 2.23. The van der Waals surface area contributed by atoms with Crippen molar-refractivity contribution < 1.29 is 4.79 Å². The van der Waals surface area contributed by atoms with Gasteiger partial charge in [0.1, 0.15) is 0 Å². The Kier molecular flexibility index (Phi) is 3.67. The Morgan fingerprint density at radius 3 is 2.76 bits per heavy atom. The second kappa shape index (κ2) is 5.21. The van der Waals surface area contributed by atoms with Gasteiger partial charge < -0.3 is 11.1 Å². The number of amides is 1. The average Bonchev–Trinajstić information content (AvgIpc) is 2.82. The van der Waals surface area contributed by atoms with Crippen LogP contribution < -0.4 is 11.1 Å². The molecule has 2 rings (SSSR count). The van der Waals surface area contributed by atoms with Crippen molar-refractivity contribution in [2.75, 3.05) is 12.3 Å². The number of nitrogens with one attached hydrogen (secondary N) is 1. The summed E-state index contributed by atoms with van der Waals surface area (Å²) >= 11 is 0. The van der Waals surface area contributed by atoms with Gasteiger partial charge in [-0.15, -0.1) is 0 Å². The molecule has 0 saturated heterocycles. The van der Waals surface area contributed by atoms with Crippen LogP contribution in [0.2, 0.25) is 0 Å². The van der Waals surface area contributed by atoms with E-state index < -0.39 is 0 Å². The third kappa shape index (κ3) is 2.99. The maximum Gasteiger partial charge on any atom is 0.251 e. The minimum Gasteiger partial charge on any atom is -0.399 e. The van der Waals surface area contributed by atoms with Gasteiger partial charge in [-0.3, -0.25) is 4.79 Å². The number of hydrogen-bond acceptors (Lipinski definition) is 2. The first kappa shape index (κ1) is 12.0. The Hall–Kier alpha value is -1.51. The number of anilines is 1. The summed E-state index contributed by atoms with van der Waals surface area (Å²) in [6.45, 7) is 2.73.